The molecule has 3 aromatic carbocycles. The highest BCUT2D eigenvalue weighted by Gasteiger charge is 2.18. The Labute approximate surface area is 233 Å². The van der Waals surface area contributed by atoms with Gasteiger partial charge in [-0.25, -0.2) is 4.79 Å². The summed E-state index contributed by atoms with van der Waals surface area (Å²) >= 11 is 12.3. The number of anilines is 2. The lowest BCUT2D eigenvalue weighted by atomic mass is 9.93. The molecule has 0 bridgehead atoms. The summed E-state index contributed by atoms with van der Waals surface area (Å²) in [4.78, 5) is 25.9. The van der Waals surface area contributed by atoms with E-state index in [9.17, 15) is 9.59 Å². The normalized spacial score (nSPS) is 13.3. The van der Waals surface area contributed by atoms with Crippen LogP contribution in [0.15, 0.2) is 78.9 Å². The van der Waals surface area contributed by atoms with Gasteiger partial charge in [-0.15, -0.1) is 0 Å². The van der Waals surface area contributed by atoms with Gasteiger partial charge in [0.15, 0.2) is 0 Å². The number of carbonyl (C=O) groups is 2. The van der Waals surface area contributed by atoms with Crippen LogP contribution in [0.3, 0.4) is 0 Å². The molecule has 0 saturated heterocycles. The van der Waals surface area contributed by atoms with Crippen molar-refractivity contribution in [3.8, 4) is 0 Å². The molecule has 0 aromatic heterocycles. The van der Waals surface area contributed by atoms with Crippen LogP contribution in [-0.4, -0.2) is 17.1 Å². The number of nitrogens with one attached hydrogen (secondary N) is 1. The molecule has 0 spiro atoms. The third-order valence-corrected chi connectivity index (χ3v) is 6.79. The third kappa shape index (κ3) is 7.98. The Morgan fingerprint density at radius 3 is 2.29 bits per heavy atom. The van der Waals surface area contributed by atoms with Crippen LogP contribution in [-0.2, 0) is 11.3 Å². The molecule has 2 N–H and O–H groups in total. The number of hydrogen-bond donors (Lipinski definition) is 2. The molecule has 4 rings (SSSR count). The summed E-state index contributed by atoms with van der Waals surface area (Å²) in [6.45, 7) is 0.352. The summed E-state index contributed by atoms with van der Waals surface area (Å²) in [6.07, 6.45) is 11.3. The first kappa shape index (κ1) is 27.5. The van der Waals surface area contributed by atoms with Crippen molar-refractivity contribution in [2.75, 3.05) is 10.2 Å². The van der Waals surface area contributed by atoms with Gasteiger partial charge in [0.05, 0.1) is 6.54 Å². The van der Waals surface area contributed by atoms with Crippen LogP contribution >= 0.6 is 23.2 Å². The summed E-state index contributed by atoms with van der Waals surface area (Å²) in [5, 5.41) is 12.6. The van der Waals surface area contributed by atoms with Crippen molar-refractivity contribution >= 4 is 58.2 Å². The molecule has 0 aliphatic heterocycles. The quantitative estimate of drug-likeness (QED) is 0.280. The van der Waals surface area contributed by atoms with Gasteiger partial charge in [0.1, 0.15) is 0 Å². The highest BCUT2D eigenvalue weighted by molar-refractivity contribution is 6.35. The molecule has 0 heterocycles. The van der Waals surface area contributed by atoms with Crippen molar-refractivity contribution in [2.45, 2.75) is 45.1 Å². The molecule has 1 aliphatic carbocycles. The Morgan fingerprint density at radius 1 is 0.947 bits per heavy atom. The lowest BCUT2D eigenvalue weighted by Crippen LogP contribution is -2.34. The van der Waals surface area contributed by atoms with E-state index >= 15 is 0 Å². The highest BCUT2D eigenvalue weighted by Crippen LogP contribution is 2.29. The predicted molar refractivity (Wildman–Crippen MR) is 157 cm³/mol. The average Bonchev–Trinajstić information content (AvgIpc) is 2.90. The Kier molecular flexibility index (Phi) is 9.63. The first-order valence-corrected chi connectivity index (χ1v) is 13.4. The molecular weight excluding hydrogens is 519 g/mol. The van der Waals surface area contributed by atoms with E-state index in [-0.39, 0.29) is 12.5 Å². The number of rotatable bonds is 9. The zero-order valence-corrected chi connectivity index (χ0v) is 22.5. The fourth-order valence-corrected chi connectivity index (χ4v) is 4.92. The van der Waals surface area contributed by atoms with Crippen LogP contribution in [0.4, 0.5) is 16.2 Å². The van der Waals surface area contributed by atoms with Crippen LogP contribution in [0, 0.1) is 0 Å². The number of nitrogens with zero attached hydrogens (tertiary/aromatic N) is 1. The maximum absolute atomic E-state index is 13.5. The van der Waals surface area contributed by atoms with Crippen molar-refractivity contribution in [2.24, 2.45) is 0 Å². The van der Waals surface area contributed by atoms with Gasteiger partial charge in [-0.05, 0) is 84.7 Å². The molecule has 38 heavy (non-hydrogen) atoms. The van der Waals surface area contributed by atoms with Crippen LogP contribution in [0.5, 0.6) is 0 Å². The zero-order chi connectivity index (χ0) is 26.9. The lowest BCUT2D eigenvalue weighted by Gasteiger charge is -2.24. The van der Waals surface area contributed by atoms with Crippen molar-refractivity contribution < 1.29 is 14.7 Å². The minimum absolute atomic E-state index is 0.104. The van der Waals surface area contributed by atoms with E-state index in [1.807, 2.05) is 48.6 Å². The van der Waals surface area contributed by atoms with E-state index in [0.717, 1.165) is 29.7 Å². The van der Waals surface area contributed by atoms with Gasteiger partial charge in [-0.1, -0.05) is 77.8 Å². The molecule has 1 aliphatic rings. The van der Waals surface area contributed by atoms with E-state index in [4.69, 9.17) is 28.3 Å². The number of allylic oxidation sites excluding steroid dienone is 3. The summed E-state index contributed by atoms with van der Waals surface area (Å²) in [6, 6.07) is 20.6. The molecule has 7 heteroatoms. The topological polar surface area (TPSA) is 69.6 Å². The highest BCUT2D eigenvalue weighted by atomic mass is 35.5. The molecule has 5 nitrogen and oxygen atoms in total. The molecule has 3 aromatic rings. The van der Waals surface area contributed by atoms with Crippen LogP contribution in [0.2, 0.25) is 10.0 Å². The van der Waals surface area contributed by atoms with Crippen LogP contribution in [0.1, 0.15) is 55.2 Å². The first-order chi connectivity index (χ1) is 18.4. The largest absolute Gasteiger partial charge is 0.481 e. The number of amides is 2. The monoisotopic (exact) mass is 548 g/mol. The van der Waals surface area contributed by atoms with Gasteiger partial charge in [-0.3, -0.25) is 9.69 Å². The van der Waals surface area contributed by atoms with Gasteiger partial charge >= 0.3 is 12.0 Å². The van der Waals surface area contributed by atoms with E-state index in [2.05, 4.69) is 23.5 Å². The molecule has 0 saturated carbocycles. The average molecular weight is 549 g/mol. The zero-order valence-electron chi connectivity index (χ0n) is 21.0. The second-order valence-electron chi connectivity index (χ2n) is 9.27. The summed E-state index contributed by atoms with van der Waals surface area (Å²) in [5.74, 6) is -0.813. The van der Waals surface area contributed by atoms with Crippen LogP contribution in [0.25, 0.3) is 11.6 Å². The maximum Gasteiger partial charge on any atom is 0.326 e. The van der Waals surface area contributed by atoms with Crippen molar-refractivity contribution in [1.29, 1.82) is 0 Å². The molecule has 2 amide bonds. The number of carboxylic acids is 1. The SMILES string of the molecule is O=C(O)CCC=Cc1ccc(CN(C(=O)Nc2cc(Cl)cc(Cl)c2)c2ccc(C3=CCCCC3)cc2)cc1. The molecule has 0 fully saturated rings. The Morgan fingerprint density at radius 2 is 1.66 bits per heavy atom. The second kappa shape index (κ2) is 13.3. The van der Waals surface area contributed by atoms with Crippen molar-refractivity contribution in [1.82, 2.24) is 0 Å². The van der Waals surface area contributed by atoms with Gasteiger partial charge < -0.3 is 10.4 Å². The lowest BCUT2D eigenvalue weighted by molar-refractivity contribution is -0.136. The number of carboxylic acid groups (broad SMARTS) is 1. The number of halogens is 2. The standard InChI is InChI=1S/C31H30Cl2N2O3/c32-26-18-27(33)20-28(19-26)34-31(38)35(29-16-14-25(15-17-29)24-7-2-1-3-8-24)21-23-12-10-22(11-13-23)6-4-5-9-30(36)37/h4,6-7,10-20H,1-3,5,8-9,21H2,(H,34,38)(H,36,37). The minimum atomic E-state index is -0.813. The minimum Gasteiger partial charge on any atom is -0.481 e. The predicted octanol–water partition coefficient (Wildman–Crippen LogP) is 9.07. The number of urea groups is 1. The molecular formula is C31H30Cl2N2O3. The number of aliphatic carboxylic acids is 1. The van der Waals surface area contributed by atoms with E-state index in [1.54, 1.807) is 23.1 Å². The maximum atomic E-state index is 13.5. The molecule has 0 atom stereocenters. The van der Waals surface area contributed by atoms with E-state index in [0.29, 0.717) is 28.7 Å². The fourth-order valence-electron chi connectivity index (χ4n) is 4.40. The van der Waals surface area contributed by atoms with Gasteiger partial charge in [-0.2, -0.15) is 0 Å². The summed E-state index contributed by atoms with van der Waals surface area (Å²) in [5.41, 5.74) is 5.76. The number of carbonyl (C=O) groups excluding carboxylic acids is 1. The van der Waals surface area contributed by atoms with Gasteiger partial charge in [0, 0.05) is 27.8 Å². The summed E-state index contributed by atoms with van der Waals surface area (Å²) < 4.78 is 0. The smallest absolute Gasteiger partial charge is 0.326 e. The Balaban J connectivity index is 1.54. The van der Waals surface area contributed by atoms with Crippen molar-refractivity contribution in [3.63, 3.8) is 0 Å². The number of benzene rings is 3. The van der Waals surface area contributed by atoms with Gasteiger partial charge in [0.2, 0.25) is 0 Å². The molecule has 0 unspecified atom stereocenters. The third-order valence-electron chi connectivity index (χ3n) is 6.36. The first-order valence-electron chi connectivity index (χ1n) is 12.7. The van der Waals surface area contributed by atoms with Gasteiger partial charge in [0.25, 0.3) is 0 Å². The second-order valence-corrected chi connectivity index (χ2v) is 10.1. The van der Waals surface area contributed by atoms with Crippen LogP contribution < -0.4 is 10.2 Å². The van der Waals surface area contributed by atoms with Crippen molar-refractivity contribution in [3.05, 3.63) is 106 Å². The van der Waals surface area contributed by atoms with E-state index < -0.39 is 5.97 Å². The fraction of sp³-hybridized carbons (Fsp3) is 0.226. The number of hydrogen-bond acceptors (Lipinski definition) is 2. The molecule has 196 valence electrons. The Bertz CT molecular complexity index is 1310. The van der Waals surface area contributed by atoms with E-state index in [1.165, 1.54) is 24.0 Å². The summed E-state index contributed by atoms with van der Waals surface area (Å²) in [7, 11) is 0. The molecule has 0 radical (unpaired) electrons. The Hall–Kier alpha value is -3.54.